The molecule has 0 bridgehead atoms. The molecule has 0 spiro atoms. The zero-order valence-electron chi connectivity index (χ0n) is 13.6. The highest BCUT2D eigenvalue weighted by atomic mass is 16.3. The van der Waals surface area contributed by atoms with Crippen molar-refractivity contribution in [3.05, 3.63) is 36.0 Å². The molecule has 0 saturated carbocycles. The number of carbonyl (C=O) groups is 1. The van der Waals surface area contributed by atoms with Crippen LogP contribution in [0.25, 0.3) is 5.65 Å². The number of nitrogens with zero attached hydrogens (tertiary/aromatic N) is 6. The second-order valence-corrected chi connectivity index (χ2v) is 5.83. The highest BCUT2D eigenvalue weighted by molar-refractivity contribution is 5.39. The molecule has 3 aromatic heterocycles. The van der Waals surface area contributed by atoms with E-state index in [9.17, 15) is 0 Å². The molecule has 0 aromatic carbocycles. The first-order valence-corrected chi connectivity index (χ1v) is 7.96. The van der Waals surface area contributed by atoms with Gasteiger partial charge in [0.1, 0.15) is 12.2 Å². The van der Waals surface area contributed by atoms with Crippen molar-refractivity contribution in [3.63, 3.8) is 0 Å². The number of hydrogen-bond donors (Lipinski definition) is 3. The summed E-state index contributed by atoms with van der Waals surface area (Å²) in [6.45, 7) is 2.78. The molecule has 10 nitrogen and oxygen atoms in total. The van der Waals surface area contributed by atoms with Gasteiger partial charge in [0.15, 0.2) is 5.65 Å². The van der Waals surface area contributed by atoms with E-state index in [0.29, 0.717) is 11.9 Å². The molecular weight excluding hydrogens is 324 g/mol. The van der Waals surface area contributed by atoms with Gasteiger partial charge in [-0.3, -0.25) is 14.8 Å². The molecule has 1 fully saturated rings. The Balaban J connectivity index is 0.000000569. The third kappa shape index (κ3) is 4.10. The van der Waals surface area contributed by atoms with Crippen LogP contribution in [0.5, 0.6) is 0 Å². The third-order valence-electron chi connectivity index (χ3n) is 4.25. The Hall–Kier alpha value is -3.01. The van der Waals surface area contributed by atoms with Crippen LogP contribution >= 0.6 is 0 Å². The van der Waals surface area contributed by atoms with Gasteiger partial charge in [-0.25, -0.2) is 9.50 Å². The summed E-state index contributed by atoms with van der Waals surface area (Å²) in [6.07, 6.45) is 5.68. The first kappa shape index (κ1) is 16.8. The second-order valence-electron chi connectivity index (χ2n) is 5.83. The number of carboxylic acid groups (broad SMARTS) is 1. The lowest BCUT2D eigenvalue weighted by atomic mass is 9.96. The number of nitrogens with one attached hydrogen (secondary N) is 1. The predicted molar refractivity (Wildman–Crippen MR) is 89.7 cm³/mol. The molecule has 0 amide bonds. The van der Waals surface area contributed by atoms with E-state index >= 15 is 0 Å². The number of nitrogens with two attached hydrogens (primary N) is 1. The maximum absolute atomic E-state index is 8.36. The average Bonchev–Trinajstić information content (AvgIpc) is 3.25. The van der Waals surface area contributed by atoms with E-state index in [1.165, 1.54) is 5.56 Å². The zero-order valence-corrected chi connectivity index (χ0v) is 13.6. The molecular formula is C15H20N8O2. The Morgan fingerprint density at radius 2 is 2.16 bits per heavy atom. The lowest BCUT2D eigenvalue weighted by Crippen LogP contribution is -2.32. The molecule has 0 unspecified atom stereocenters. The Bertz CT molecular complexity index is 822. The van der Waals surface area contributed by atoms with Gasteiger partial charge in [-0.05, 0) is 43.6 Å². The molecule has 0 radical (unpaired) electrons. The number of likely N-dealkylation sites (tertiary alicyclic amines) is 1. The molecule has 132 valence electrons. The Morgan fingerprint density at radius 1 is 1.40 bits per heavy atom. The first-order valence-electron chi connectivity index (χ1n) is 7.96. The van der Waals surface area contributed by atoms with E-state index < -0.39 is 0 Å². The number of hydrogen-bond acceptors (Lipinski definition) is 7. The fraction of sp³-hybridized carbons (Fsp3) is 0.400. The Labute approximate surface area is 143 Å². The number of rotatable bonds is 3. The van der Waals surface area contributed by atoms with Crippen molar-refractivity contribution in [1.29, 1.82) is 0 Å². The molecule has 1 saturated heterocycles. The van der Waals surface area contributed by atoms with Gasteiger partial charge < -0.3 is 10.8 Å². The number of fused-ring (bicyclic) bond motifs is 1. The number of anilines is 1. The van der Waals surface area contributed by atoms with Gasteiger partial charge in [-0.15, -0.1) is 5.10 Å². The fourth-order valence-corrected chi connectivity index (χ4v) is 3.05. The van der Waals surface area contributed by atoms with Crippen molar-refractivity contribution in [1.82, 2.24) is 34.7 Å². The average molecular weight is 344 g/mol. The summed E-state index contributed by atoms with van der Waals surface area (Å²) >= 11 is 0. The highest BCUT2D eigenvalue weighted by Gasteiger charge is 2.23. The normalized spacial score (nSPS) is 15.7. The van der Waals surface area contributed by atoms with Crippen molar-refractivity contribution >= 4 is 18.1 Å². The number of aromatic nitrogens is 6. The van der Waals surface area contributed by atoms with Gasteiger partial charge in [0.25, 0.3) is 6.47 Å². The van der Waals surface area contributed by atoms with Crippen LogP contribution in [-0.4, -0.2) is 59.3 Å². The lowest BCUT2D eigenvalue weighted by molar-refractivity contribution is -0.122. The molecule has 0 atom stereocenters. The van der Waals surface area contributed by atoms with Crippen molar-refractivity contribution in [2.45, 2.75) is 25.3 Å². The summed E-state index contributed by atoms with van der Waals surface area (Å²) in [7, 11) is 0. The quantitative estimate of drug-likeness (QED) is 0.584. The predicted octanol–water partition coefficient (Wildman–Crippen LogP) is 0.510. The molecule has 25 heavy (non-hydrogen) atoms. The molecule has 4 rings (SSSR count). The summed E-state index contributed by atoms with van der Waals surface area (Å²) in [5, 5.41) is 17.9. The van der Waals surface area contributed by atoms with E-state index in [1.807, 2.05) is 6.20 Å². The van der Waals surface area contributed by atoms with Crippen LogP contribution in [0.4, 0.5) is 5.95 Å². The summed E-state index contributed by atoms with van der Waals surface area (Å²) in [5.41, 5.74) is 7.73. The van der Waals surface area contributed by atoms with Gasteiger partial charge in [-0.1, -0.05) is 0 Å². The van der Waals surface area contributed by atoms with Crippen molar-refractivity contribution in [2.75, 3.05) is 18.8 Å². The van der Waals surface area contributed by atoms with E-state index in [1.54, 1.807) is 10.8 Å². The topological polar surface area (TPSA) is 138 Å². The highest BCUT2D eigenvalue weighted by Crippen LogP contribution is 2.26. The smallest absolute Gasteiger partial charge is 0.290 e. The molecule has 4 N–H and O–H groups in total. The standard InChI is InChI=1S/C14H18N8.CH2O2/c15-14-18-13(19-20-14)11-2-4-21(5-3-11)8-10-1-6-22-12(7-10)16-9-17-22;2-1-3/h1,6-7,9,11H,2-5,8H2,(H3,15,18,19,20);1H,(H,2,3). The van der Waals surface area contributed by atoms with Crippen molar-refractivity contribution in [3.8, 4) is 0 Å². The molecule has 4 heterocycles. The van der Waals surface area contributed by atoms with Crippen LogP contribution in [0, 0.1) is 0 Å². The monoisotopic (exact) mass is 344 g/mol. The van der Waals surface area contributed by atoms with Crippen LogP contribution in [0.1, 0.15) is 30.1 Å². The number of piperidine rings is 1. The third-order valence-corrected chi connectivity index (χ3v) is 4.25. The van der Waals surface area contributed by atoms with Gasteiger partial charge >= 0.3 is 0 Å². The summed E-state index contributed by atoms with van der Waals surface area (Å²) in [5.74, 6) is 1.68. The molecule has 1 aliphatic rings. The Kier molecular flexibility index (Phi) is 5.19. The minimum absolute atomic E-state index is 0.250. The van der Waals surface area contributed by atoms with Crippen LogP contribution in [0.2, 0.25) is 0 Å². The van der Waals surface area contributed by atoms with Crippen LogP contribution in [0.3, 0.4) is 0 Å². The van der Waals surface area contributed by atoms with Gasteiger partial charge in [0.05, 0.1) is 0 Å². The minimum atomic E-state index is -0.250. The summed E-state index contributed by atoms with van der Waals surface area (Å²) in [6, 6.07) is 4.20. The van der Waals surface area contributed by atoms with E-state index in [4.69, 9.17) is 15.6 Å². The van der Waals surface area contributed by atoms with Gasteiger partial charge in [-0.2, -0.15) is 10.1 Å². The van der Waals surface area contributed by atoms with E-state index in [2.05, 4.69) is 42.3 Å². The van der Waals surface area contributed by atoms with Gasteiger partial charge in [0, 0.05) is 18.7 Å². The van der Waals surface area contributed by atoms with E-state index in [-0.39, 0.29) is 6.47 Å². The summed E-state index contributed by atoms with van der Waals surface area (Å²) in [4.78, 5) is 19.3. The Morgan fingerprint density at radius 3 is 2.84 bits per heavy atom. The SMILES string of the molecule is Nc1n[nH]c(C2CCN(Cc3ccn4ncnc4c3)CC2)n1.O=CO. The largest absolute Gasteiger partial charge is 0.483 e. The summed E-state index contributed by atoms with van der Waals surface area (Å²) < 4.78 is 1.78. The molecule has 0 aliphatic carbocycles. The maximum atomic E-state index is 8.36. The molecule has 10 heteroatoms. The zero-order chi connectivity index (χ0) is 17.6. The number of aromatic amines is 1. The van der Waals surface area contributed by atoms with Crippen LogP contribution in [-0.2, 0) is 11.3 Å². The van der Waals surface area contributed by atoms with E-state index in [0.717, 1.165) is 43.9 Å². The lowest BCUT2D eigenvalue weighted by Gasteiger charge is -2.30. The van der Waals surface area contributed by atoms with Crippen LogP contribution in [0.15, 0.2) is 24.7 Å². The molecule has 3 aromatic rings. The first-order chi connectivity index (χ1) is 12.2. The fourth-order valence-electron chi connectivity index (χ4n) is 3.05. The van der Waals surface area contributed by atoms with Crippen LogP contribution < -0.4 is 5.73 Å². The minimum Gasteiger partial charge on any atom is -0.483 e. The molecule has 1 aliphatic heterocycles. The number of nitrogen functional groups attached to an aromatic ring is 1. The number of H-pyrrole nitrogens is 1. The second kappa shape index (κ2) is 7.71. The maximum Gasteiger partial charge on any atom is 0.290 e. The number of pyridine rings is 1. The van der Waals surface area contributed by atoms with Crippen molar-refractivity contribution < 1.29 is 9.90 Å². The van der Waals surface area contributed by atoms with Gasteiger partial charge in [0.2, 0.25) is 5.95 Å². The van der Waals surface area contributed by atoms with Crippen molar-refractivity contribution in [2.24, 2.45) is 0 Å².